The van der Waals surface area contributed by atoms with Crippen LogP contribution in [0.2, 0.25) is 0 Å². The average Bonchev–Trinajstić information content (AvgIpc) is 3.15. The Hall–Kier alpha value is -2.90. The maximum Gasteiger partial charge on any atom is 0.277 e. The van der Waals surface area contributed by atoms with Crippen molar-refractivity contribution in [3.63, 3.8) is 0 Å². The minimum absolute atomic E-state index is 0.182. The summed E-state index contributed by atoms with van der Waals surface area (Å²) in [6, 6.07) is 14.3. The molecule has 2 aromatic carbocycles. The molecule has 29 heavy (non-hydrogen) atoms. The molecule has 2 heterocycles. The van der Waals surface area contributed by atoms with Gasteiger partial charge in [0.05, 0.1) is 24.5 Å². The maximum atomic E-state index is 12.4. The third-order valence-corrected chi connectivity index (χ3v) is 5.59. The Morgan fingerprint density at radius 3 is 2.52 bits per heavy atom. The molecule has 7 nitrogen and oxygen atoms in total. The maximum absolute atomic E-state index is 12.4. The summed E-state index contributed by atoms with van der Waals surface area (Å²) in [5, 5.41) is 1.22. The first-order chi connectivity index (χ1) is 14.0. The van der Waals surface area contributed by atoms with Crippen LogP contribution in [0, 0.1) is 0 Å². The third kappa shape index (κ3) is 4.11. The van der Waals surface area contributed by atoms with Crippen LogP contribution in [-0.4, -0.2) is 72.8 Å². The molecule has 7 heteroatoms. The van der Waals surface area contributed by atoms with Crippen molar-refractivity contribution in [2.75, 3.05) is 52.3 Å². The van der Waals surface area contributed by atoms with E-state index in [0.29, 0.717) is 12.1 Å². The highest BCUT2D eigenvalue weighted by Gasteiger charge is 2.15. The van der Waals surface area contributed by atoms with Crippen LogP contribution in [0.5, 0.6) is 0 Å². The predicted molar refractivity (Wildman–Crippen MR) is 114 cm³/mol. The van der Waals surface area contributed by atoms with Gasteiger partial charge in [0.25, 0.3) is 5.91 Å². The van der Waals surface area contributed by atoms with Crippen LogP contribution < -0.4 is 4.90 Å². The molecule has 1 fully saturated rings. The first kappa shape index (κ1) is 19.4. The zero-order chi connectivity index (χ0) is 20.4. The Kier molecular flexibility index (Phi) is 5.51. The highest BCUT2D eigenvalue weighted by atomic mass is 16.7. The first-order valence-electron chi connectivity index (χ1n) is 9.84. The third-order valence-electron chi connectivity index (χ3n) is 5.59. The van der Waals surface area contributed by atoms with E-state index in [0.717, 1.165) is 37.2 Å². The first-order valence-corrected chi connectivity index (χ1v) is 9.84. The molecular weight excluding hydrogens is 366 g/mol. The summed E-state index contributed by atoms with van der Waals surface area (Å²) in [6.45, 7) is 5.03. The van der Waals surface area contributed by atoms with Crippen molar-refractivity contribution in [2.45, 2.75) is 6.54 Å². The number of amides is 1. The van der Waals surface area contributed by atoms with Crippen molar-refractivity contribution < 1.29 is 9.63 Å². The second-order valence-corrected chi connectivity index (χ2v) is 7.52. The number of rotatable bonds is 5. The van der Waals surface area contributed by atoms with Crippen LogP contribution in [0.25, 0.3) is 11.0 Å². The molecule has 1 aromatic heterocycles. The number of anilines is 1. The lowest BCUT2D eigenvalue weighted by atomic mass is 10.1. The number of aromatic nitrogens is 2. The van der Waals surface area contributed by atoms with Gasteiger partial charge >= 0.3 is 0 Å². The molecule has 1 saturated heterocycles. The highest BCUT2D eigenvalue weighted by Crippen LogP contribution is 2.20. The quantitative estimate of drug-likeness (QED) is 0.624. The molecule has 0 bridgehead atoms. The van der Waals surface area contributed by atoms with Crippen LogP contribution in [0.1, 0.15) is 15.9 Å². The summed E-state index contributed by atoms with van der Waals surface area (Å²) in [7, 11) is 5.25. The number of likely N-dealkylation sites (N-methyl/N-ethyl adjacent to an activating group) is 1. The van der Waals surface area contributed by atoms with Crippen LogP contribution in [0.4, 0.5) is 5.69 Å². The SMILES string of the molecule is CON(C)C(=O)c1ccc2ncn(Cc3ccc(N4CCN(C)CC4)cc3)c2c1. The number of piperazine rings is 1. The van der Waals surface area contributed by atoms with E-state index >= 15 is 0 Å². The van der Waals surface area contributed by atoms with Gasteiger partial charge in [-0.2, -0.15) is 0 Å². The van der Waals surface area contributed by atoms with Gasteiger partial charge in [-0.15, -0.1) is 0 Å². The van der Waals surface area contributed by atoms with Crippen LogP contribution in [0.3, 0.4) is 0 Å². The average molecular weight is 393 g/mol. The molecule has 1 aliphatic heterocycles. The van der Waals surface area contributed by atoms with E-state index in [2.05, 4.69) is 50.7 Å². The summed E-state index contributed by atoms with van der Waals surface area (Å²) < 4.78 is 2.07. The number of hydrogen-bond acceptors (Lipinski definition) is 5. The fraction of sp³-hybridized carbons (Fsp3) is 0.364. The fourth-order valence-electron chi connectivity index (χ4n) is 3.65. The number of benzene rings is 2. The summed E-state index contributed by atoms with van der Waals surface area (Å²) in [5.41, 5.74) is 4.86. The normalized spacial score (nSPS) is 15.1. The summed E-state index contributed by atoms with van der Waals surface area (Å²) in [4.78, 5) is 26.7. The number of nitrogens with zero attached hydrogens (tertiary/aromatic N) is 5. The van der Waals surface area contributed by atoms with E-state index in [1.807, 2.05) is 18.5 Å². The zero-order valence-corrected chi connectivity index (χ0v) is 17.2. The van der Waals surface area contributed by atoms with Gasteiger partial charge in [0.2, 0.25) is 0 Å². The lowest BCUT2D eigenvalue weighted by Crippen LogP contribution is -2.44. The van der Waals surface area contributed by atoms with E-state index < -0.39 is 0 Å². The Morgan fingerprint density at radius 2 is 1.83 bits per heavy atom. The van der Waals surface area contributed by atoms with Crippen molar-refractivity contribution in [1.29, 1.82) is 0 Å². The molecule has 0 unspecified atom stereocenters. The molecule has 0 radical (unpaired) electrons. The molecular formula is C22H27N5O2. The molecule has 1 amide bonds. The molecule has 0 atom stereocenters. The van der Waals surface area contributed by atoms with Crippen LogP contribution in [0.15, 0.2) is 48.8 Å². The second kappa shape index (κ2) is 8.23. The Balaban J connectivity index is 1.52. The lowest BCUT2D eigenvalue weighted by Gasteiger charge is -2.34. The Morgan fingerprint density at radius 1 is 1.10 bits per heavy atom. The van der Waals surface area contributed by atoms with E-state index in [1.165, 1.54) is 23.4 Å². The van der Waals surface area contributed by atoms with Gasteiger partial charge in [0, 0.05) is 51.0 Å². The number of fused-ring (bicyclic) bond motifs is 1. The molecule has 1 aliphatic rings. The number of hydroxylamine groups is 2. The summed E-state index contributed by atoms with van der Waals surface area (Å²) in [6.07, 6.45) is 1.83. The summed E-state index contributed by atoms with van der Waals surface area (Å²) in [5.74, 6) is -0.182. The van der Waals surface area contributed by atoms with Crippen LogP contribution >= 0.6 is 0 Å². The monoisotopic (exact) mass is 393 g/mol. The van der Waals surface area contributed by atoms with Crippen molar-refractivity contribution >= 4 is 22.6 Å². The molecule has 0 aliphatic carbocycles. The molecule has 0 N–H and O–H groups in total. The van der Waals surface area contributed by atoms with Crippen molar-refractivity contribution in [3.8, 4) is 0 Å². The summed E-state index contributed by atoms with van der Waals surface area (Å²) >= 11 is 0. The minimum Gasteiger partial charge on any atom is -0.369 e. The van der Waals surface area contributed by atoms with Gasteiger partial charge in [-0.3, -0.25) is 9.63 Å². The smallest absolute Gasteiger partial charge is 0.277 e. The topological polar surface area (TPSA) is 53.8 Å². The Bertz CT molecular complexity index is 990. The molecule has 0 spiro atoms. The van der Waals surface area contributed by atoms with Crippen molar-refractivity contribution in [2.24, 2.45) is 0 Å². The van der Waals surface area contributed by atoms with Gasteiger partial charge in [-0.25, -0.2) is 10.0 Å². The number of carbonyl (C=O) groups is 1. The van der Waals surface area contributed by atoms with Gasteiger partial charge in [-0.05, 0) is 42.9 Å². The van der Waals surface area contributed by atoms with E-state index in [9.17, 15) is 4.79 Å². The van der Waals surface area contributed by atoms with Gasteiger partial charge < -0.3 is 14.4 Å². The molecule has 152 valence electrons. The zero-order valence-electron chi connectivity index (χ0n) is 17.2. The minimum atomic E-state index is -0.182. The van der Waals surface area contributed by atoms with Gasteiger partial charge in [-0.1, -0.05) is 12.1 Å². The predicted octanol–water partition coefficient (Wildman–Crippen LogP) is 2.47. The van der Waals surface area contributed by atoms with E-state index in [-0.39, 0.29) is 5.91 Å². The van der Waals surface area contributed by atoms with Gasteiger partial charge in [0.1, 0.15) is 0 Å². The standard InChI is InChI=1S/C22H27N5O2/c1-24-10-12-26(13-11-24)19-7-4-17(5-8-19)15-27-16-23-20-9-6-18(14-21(20)27)22(28)25(2)29-3/h4-9,14,16H,10-13,15H2,1-3H3. The van der Waals surface area contributed by atoms with E-state index in [1.54, 1.807) is 13.1 Å². The van der Waals surface area contributed by atoms with E-state index in [4.69, 9.17) is 4.84 Å². The molecule has 4 rings (SSSR count). The number of carbonyl (C=O) groups excluding carboxylic acids is 1. The van der Waals surface area contributed by atoms with Crippen molar-refractivity contribution in [1.82, 2.24) is 19.5 Å². The fourth-order valence-corrected chi connectivity index (χ4v) is 3.65. The Labute approximate surface area is 171 Å². The lowest BCUT2D eigenvalue weighted by molar-refractivity contribution is -0.0756. The number of imidazole rings is 1. The van der Waals surface area contributed by atoms with Crippen LogP contribution in [-0.2, 0) is 11.4 Å². The molecule has 3 aromatic rings. The molecule has 0 saturated carbocycles. The highest BCUT2D eigenvalue weighted by molar-refractivity contribution is 5.96. The largest absolute Gasteiger partial charge is 0.369 e. The number of hydrogen-bond donors (Lipinski definition) is 0. The van der Waals surface area contributed by atoms with Gasteiger partial charge in [0.15, 0.2) is 0 Å². The second-order valence-electron chi connectivity index (χ2n) is 7.52. The van der Waals surface area contributed by atoms with Crippen molar-refractivity contribution in [3.05, 3.63) is 59.9 Å².